The van der Waals surface area contributed by atoms with Crippen LogP contribution in [0.4, 0.5) is 10.1 Å². The van der Waals surface area contributed by atoms with Gasteiger partial charge in [-0.1, -0.05) is 17.7 Å². The van der Waals surface area contributed by atoms with E-state index in [0.29, 0.717) is 5.89 Å². The molecule has 0 unspecified atom stereocenters. The van der Waals surface area contributed by atoms with Crippen molar-refractivity contribution in [2.24, 2.45) is 0 Å². The minimum atomic E-state index is -0.264. The largest absolute Gasteiger partial charge is 0.441 e. The number of halogens is 2. The van der Waals surface area contributed by atoms with Gasteiger partial charge in [-0.25, -0.2) is 9.37 Å². The van der Waals surface area contributed by atoms with Gasteiger partial charge in [-0.15, -0.1) is 0 Å². The van der Waals surface area contributed by atoms with E-state index in [2.05, 4.69) is 27.8 Å². The van der Waals surface area contributed by atoms with Crippen LogP contribution in [-0.2, 0) is 6.54 Å². The van der Waals surface area contributed by atoms with Crippen molar-refractivity contribution in [1.82, 2.24) is 9.88 Å². The first kappa shape index (κ1) is 19.0. The predicted molar refractivity (Wildman–Crippen MR) is 110 cm³/mol. The number of hydrogen-bond donors (Lipinski definition) is 0. The number of aryl methyl sites for hydroxylation is 2. The fraction of sp³-hybridized carbons (Fsp3) is 0.318. The lowest BCUT2D eigenvalue weighted by Gasteiger charge is -2.36. The number of nitrogens with zero attached hydrogens (tertiary/aromatic N) is 3. The summed E-state index contributed by atoms with van der Waals surface area (Å²) in [4.78, 5) is 9.42. The number of piperazine rings is 1. The number of aromatic nitrogens is 1. The molecule has 4 nitrogen and oxygen atoms in total. The zero-order valence-electron chi connectivity index (χ0n) is 16.1. The lowest BCUT2D eigenvalue weighted by atomic mass is 10.1. The average molecular weight is 400 g/mol. The summed E-state index contributed by atoms with van der Waals surface area (Å²) in [5, 5.41) is 0.773. The molecule has 3 aromatic rings. The lowest BCUT2D eigenvalue weighted by Crippen LogP contribution is -2.46. The second-order valence-corrected chi connectivity index (χ2v) is 7.66. The Balaban J connectivity index is 1.41. The maximum Gasteiger partial charge on any atom is 0.226 e. The molecule has 6 heteroatoms. The average Bonchev–Trinajstić information content (AvgIpc) is 3.05. The molecular weight excluding hydrogens is 377 g/mol. The zero-order valence-corrected chi connectivity index (χ0v) is 16.8. The zero-order chi connectivity index (χ0) is 19.7. The van der Waals surface area contributed by atoms with E-state index in [1.807, 2.05) is 19.1 Å². The number of rotatable bonds is 4. The Hall–Kier alpha value is -2.37. The smallest absolute Gasteiger partial charge is 0.226 e. The van der Waals surface area contributed by atoms with Crippen LogP contribution in [0.5, 0.6) is 0 Å². The molecule has 1 aliphatic rings. The molecule has 4 rings (SSSR count). The number of anilines is 1. The third kappa shape index (κ3) is 4.05. The van der Waals surface area contributed by atoms with Crippen molar-refractivity contribution < 1.29 is 8.81 Å². The van der Waals surface area contributed by atoms with Crippen molar-refractivity contribution >= 4 is 17.3 Å². The minimum Gasteiger partial charge on any atom is -0.441 e. The van der Waals surface area contributed by atoms with Crippen molar-refractivity contribution in [2.75, 3.05) is 31.1 Å². The Morgan fingerprint density at radius 3 is 2.46 bits per heavy atom. The number of oxazole rings is 1. The highest BCUT2D eigenvalue weighted by Gasteiger charge is 2.21. The van der Waals surface area contributed by atoms with Gasteiger partial charge in [0.15, 0.2) is 0 Å². The highest BCUT2D eigenvalue weighted by molar-refractivity contribution is 6.30. The van der Waals surface area contributed by atoms with E-state index in [4.69, 9.17) is 16.0 Å². The number of benzene rings is 2. The molecule has 1 saturated heterocycles. The predicted octanol–water partition coefficient (Wildman–Crippen LogP) is 5.07. The van der Waals surface area contributed by atoms with E-state index in [-0.39, 0.29) is 5.82 Å². The van der Waals surface area contributed by atoms with Crippen molar-refractivity contribution in [2.45, 2.75) is 20.4 Å². The summed E-state index contributed by atoms with van der Waals surface area (Å²) in [6.07, 6.45) is 0. The maximum absolute atomic E-state index is 13.1. The van der Waals surface area contributed by atoms with Gasteiger partial charge in [0, 0.05) is 49.0 Å². The van der Waals surface area contributed by atoms with Gasteiger partial charge in [-0.2, -0.15) is 0 Å². The summed E-state index contributed by atoms with van der Waals surface area (Å²) in [5.41, 5.74) is 4.18. The van der Waals surface area contributed by atoms with Crippen molar-refractivity contribution in [3.63, 3.8) is 0 Å². The van der Waals surface area contributed by atoms with Gasteiger partial charge in [0.25, 0.3) is 0 Å². The van der Waals surface area contributed by atoms with Gasteiger partial charge in [0.1, 0.15) is 11.6 Å². The van der Waals surface area contributed by atoms with Gasteiger partial charge < -0.3 is 9.32 Å². The lowest BCUT2D eigenvalue weighted by molar-refractivity contribution is 0.246. The molecule has 1 aromatic heterocycles. The SMILES string of the molecule is Cc1ccc(Cl)cc1N1CCN(Cc2nc(-c3ccc(F)cc3)oc2C)CC1. The first-order chi connectivity index (χ1) is 13.5. The van der Waals surface area contributed by atoms with Crippen LogP contribution in [0.3, 0.4) is 0 Å². The van der Waals surface area contributed by atoms with E-state index in [1.54, 1.807) is 12.1 Å². The topological polar surface area (TPSA) is 32.5 Å². The van der Waals surface area contributed by atoms with Crippen LogP contribution in [0.2, 0.25) is 5.02 Å². The number of hydrogen-bond acceptors (Lipinski definition) is 4. The molecule has 0 aliphatic carbocycles. The second kappa shape index (κ2) is 7.94. The molecule has 0 amide bonds. The fourth-order valence-electron chi connectivity index (χ4n) is 3.57. The molecule has 0 atom stereocenters. The highest BCUT2D eigenvalue weighted by Crippen LogP contribution is 2.26. The van der Waals surface area contributed by atoms with Crippen LogP contribution >= 0.6 is 11.6 Å². The summed E-state index contributed by atoms with van der Waals surface area (Å²) in [5.74, 6) is 1.09. The van der Waals surface area contributed by atoms with Gasteiger partial charge >= 0.3 is 0 Å². The highest BCUT2D eigenvalue weighted by atomic mass is 35.5. The van der Waals surface area contributed by atoms with Gasteiger partial charge in [-0.05, 0) is 55.8 Å². The molecule has 1 fully saturated rings. The molecule has 0 radical (unpaired) electrons. The van der Waals surface area contributed by atoms with Crippen molar-refractivity contribution in [1.29, 1.82) is 0 Å². The quantitative estimate of drug-likeness (QED) is 0.613. The molecule has 2 heterocycles. The van der Waals surface area contributed by atoms with Crippen LogP contribution in [0, 0.1) is 19.7 Å². The van der Waals surface area contributed by atoms with E-state index in [0.717, 1.165) is 54.8 Å². The molecule has 0 spiro atoms. The van der Waals surface area contributed by atoms with E-state index < -0.39 is 0 Å². The van der Waals surface area contributed by atoms with Gasteiger partial charge in [0.2, 0.25) is 5.89 Å². The Labute approximate surface area is 169 Å². The van der Waals surface area contributed by atoms with Crippen molar-refractivity contribution in [3.05, 3.63) is 70.3 Å². The van der Waals surface area contributed by atoms with Crippen molar-refractivity contribution in [3.8, 4) is 11.5 Å². The van der Waals surface area contributed by atoms with Crippen LogP contribution in [-0.4, -0.2) is 36.1 Å². The first-order valence-corrected chi connectivity index (χ1v) is 9.83. The standard InChI is InChI=1S/C22H23ClFN3O/c1-15-3-6-18(23)13-21(15)27-11-9-26(10-12-27)14-20-16(2)28-22(25-20)17-4-7-19(24)8-5-17/h3-8,13H,9-12,14H2,1-2H3. The summed E-state index contributed by atoms with van der Waals surface area (Å²) < 4.78 is 18.9. The molecule has 2 aromatic carbocycles. The monoisotopic (exact) mass is 399 g/mol. The third-order valence-electron chi connectivity index (χ3n) is 5.24. The van der Waals surface area contributed by atoms with Crippen LogP contribution in [0.25, 0.3) is 11.5 Å². The van der Waals surface area contributed by atoms with Crippen LogP contribution < -0.4 is 4.90 Å². The van der Waals surface area contributed by atoms with Gasteiger partial charge in [0.05, 0.1) is 5.69 Å². The normalized spacial score (nSPS) is 15.2. The maximum atomic E-state index is 13.1. The third-order valence-corrected chi connectivity index (χ3v) is 5.48. The summed E-state index contributed by atoms with van der Waals surface area (Å²) in [7, 11) is 0. The molecule has 0 N–H and O–H groups in total. The summed E-state index contributed by atoms with van der Waals surface area (Å²) >= 11 is 6.17. The first-order valence-electron chi connectivity index (χ1n) is 9.45. The summed E-state index contributed by atoms with van der Waals surface area (Å²) in [6, 6.07) is 12.3. The Bertz CT molecular complexity index is 962. The van der Waals surface area contributed by atoms with E-state index in [1.165, 1.54) is 23.4 Å². The fourth-order valence-corrected chi connectivity index (χ4v) is 3.74. The van der Waals surface area contributed by atoms with E-state index >= 15 is 0 Å². The second-order valence-electron chi connectivity index (χ2n) is 7.22. The Morgan fingerprint density at radius 1 is 1.04 bits per heavy atom. The Morgan fingerprint density at radius 2 is 1.75 bits per heavy atom. The van der Waals surface area contributed by atoms with Crippen LogP contribution in [0.15, 0.2) is 46.9 Å². The minimum absolute atomic E-state index is 0.264. The molecule has 28 heavy (non-hydrogen) atoms. The Kier molecular flexibility index (Phi) is 5.38. The molecular formula is C22H23ClFN3O. The molecule has 0 bridgehead atoms. The van der Waals surface area contributed by atoms with Gasteiger partial charge in [-0.3, -0.25) is 4.90 Å². The molecule has 0 saturated carbocycles. The molecule has 146 valence electrons. The van der Waals surface area contributed by atoms with Crippen LogP contribution in [0.1, 0.15) is 17.0 Å². The summed E-state index contributed by atoms with van der Waals surface area (Å²) in [6.45, 7) is 8.59. The molecule has 1 aliphatic heterocycles. The van der Waals surface area contributed by atoms with E-state index in [9.17, 15) is 4.39 Å².